The molecule has 1 aliphatic rings. The van der Waals surface area contributed by atoms with Crippen LogP contribution in [0.4, 0.5) is 11.4 Å². The monoisotopic (exact) mass is 379 g/mol. The minimum absolute atomic E-state index is 0.0841. The number of rotatable bonds is 8. The second-order valence-electron chi connectivity index (χ2n) is 6.87. The van der Waals surface area contributed by atoms with Gasteiger partial charge in [0.05, 0.1) is 19.8 Å². The highest BCUT2D eigenvalue weighted by Crippen LogP contribution is 2.36. The van der Waals surface area contributed by atoms with E-state index in [0.717, 1.165) is 24.1 Å². The Kier molecular flexibility index (Phi) is 6.38. The molecule has 1 amide bonds. The Labute approximate surface area is 165 Å². The largest absolute Gasteiger partial charge is 0.493 e. The Hall–Kier alpha value is -3.20. The van der Waals surface area contributed by atoms with E-state index in [1.165, 1.54) is 0 Å². The summed E-state index contributed by atoms with van der Waals surface area (Å²) in [6.07, 6.45) is 2.60. The first-order chi connectivity index (χ1) is 13.6. The molecule has 0 spiro atoms. The lowest BCUT2D eigenvalue weighted by Crippen LogP contribution is -2.24. The number of nitriles is 1. The van der Waals surface area contributed by atoms with Crippen molar-refractivity contribution >= 4 is 17.3 Å². The van der Waals surface area contributed by atoms with Crippen LogP contribution in [0.2, 0.25) is 0 Å². The Morgan fingerprint density at radius 2 is 2.07 bits per heavy atom. The van der Waals surface area contributed by atoms with Crippen LogP contribution in [0.25, 0.3) is 0 Å². The molecule has 0 saturated carbocycles. The summed E-state index contributed by atoms with van der Waals surface area (Å²) in [5.74, 6) is 1.51. The highest BCUT2D eigenvalue weighted by Gasteiger charge is 2.32. The van der Waals surface area contributed by atoms with Gasteiger partial charge in [-0.25, -0.2) is 0 Å². The fraction of sp³-hybridized carbons (Fsp3) is 0.364. The highest BCUT2D eigenvalue weighted by atomic mass is 16.5. The fourth-order valence-electron chi connectivity index (χ4n) is 3.42. The lowest BCUT2D eigenvalue weighted by atomic mass is 9.98. The van der Waals surface area contributed by atoms with E-state index < -0.39 is 0 Å². The van der Waals surface area contributed by atoms with Crippen LogP contribution < -0.4 is 20.1 Å². The van der Waals surface area contributed by atoms with Crippen molar-refractivity contribution in [3.8, 4) is 17.6 Å². The summed E-state index contributed by atoms with van der Waals surface area (Å²) in [6.45, 7) is 1.14. The third kappa shape index (κ3) is 4.55. The molecule has 0 radical (unpaired) electrons. The molecule has 2 N–H and O–H groups in total. The van der Waals surface area contributed by atoms with Crippen LogP contribution in [-0.2, 0) is 4.79 Å². The average molecular weight is 379 g/mol. The summed E-state index contributed by atoms with van der Waals surface area (Å²) >= 11 is 0. The fourth-order valence-corrected chi connectivity index (χ4v) is 3.42. The van der Waals surface area contributed by atoms with Gasteiger partial charge in [-0.3, -0.25) is 4.79 Å². The van der Waals surface area contributed by atoms with Crippen molar-refractivity contribution in [2.24, 2.45) is 0 Å². The van der Waals surface area contributed by atoms with Gasteiger partial charge in [0.2, 0.25) is 5.91 Å². The Balaban J connectivity index is 1.72. The van der Waals surface area contributed by atoms with E-state index in [2.05, 4.69) is 6.07 Å². The van der Waals surface area contributed by atoms with Gasteiger partial charge in [-0.15, -0.1) is 0 Å². The zero-order valence-corrected chi connectivity index (χ0v) is 16.1. The number of carbonyl (C=O) groups excluding carboxylic acids is 1. The van der Waals surface area contributed by atoms with E-state index in [0.29, 0.717) is 43.2 Å². The van der Waals surface area contributed by atoms with Gasteiger partial charge >= 0.3 is 0 Å². The van der Waals surface area contributed by atoms with Gasteiger partial charge in [0.25, 0.3) is 0 Å². The average Bonchev–Trinajstić information content (AvgIpc) is 3.09. The number of unbranched alkanes of at least 4 members (excludes halogenated alkanes) is 2. The van der Waals surface area contributed by atoms with Crippen molar-refractivity contribution in [3.63, 3.8) is 0 Å². The Morgan fingerprint density at radius 1 is 1.21 bits per heavy atom. The molecule has 0 bridgehead atoms. The van der Waals surface area contributed by atoms with Gasteiger partial charge in [0.15, 0.2) is 11.5 Å². The molecule has 2 aromatic carbocycles. The summed E-state index contributed by atoms with van der Waals surface area (Å²) in [5.41, 5.74) is 8.38. The molecule has 1 fully saturated rings. The molecule has 0 aromatic heterocycles. The van der Waals surface area contributed by atoms with Gasteiger partial charge in [0, 0.05) is 36.7 Å². The van der Waals surface area contributed by atoms with Gasteiger partial charge in [-0.05, 0) is 48.7 Å². The van der Waals surface area contributed by atoms with E-state index in [9.17, 15) is 4.79 Å². The molecular weight excluding hydrogens is 354 g/mol. The summed E-state index contributed by atoms with van der Waals surface area (Å²) in [5, 5.41) is 8.61. The van der Waals surface area contributed by atoms with E-state index in [1.54, 1.807) is 12.0 Å². The minimum atomic E-state index is 0.0841. The number of nitrogen functional groups attached to an aromatic ring is 1. The molecule has 146 valence electrons. The number of hydrogen-bond donors (Lipinski definition) is 1. The van der Waals surface area contributed by atoms with Crippen molar-refractivity contribution in [2.45, 2.75) is 31.6 Å². The third-order valence-electron chi connectivity index (χ3n) is 4.91. The number of nitrogens with zero attached hydrogens (tertiary/aromatic N) is 2. The van der Waals surface area contributed by atoms with Crippen molar-refractivity contribution in [3.05, 3.63) is 48.0 Å². The topological polar surface area (TPSA) is 88.6 Å². The summed E-state index contributed by atoms with van der Waals surface area (Å²) in [6, 6.07) is 15.4. The molecule has 6 heteroatoms. The zero-order chi connectivity index (χ0) is 19.9. The lowest BCUT2D eigenvalue weighted by Gasteiger charge is -2.18. The number of anilines is 2. The highest BCUT2D eigenvalue weighted by molar-refractivity contribution is 5.96. The minimum Gasteiger partial charge on any atom is -0.493 e. The maximum Gasteiger partial charge on any atom is 0.227 e. The first-order valence-corrected chi connectivity index (χ1v) is 9.46. The van der Waals surface area contributed by atoms with Gasteiger partial charge in [0.1, 0.15) is 0 Å². The molecule has 1 aliphatic heterocycles. The normalized spacial score (nSPS) is 16.1. The quantitative estimate of drug-likeness (QED) is 0.555. The molecule has 1 heterocycles. The first-order valence-electron chi connectivity index (χ1n) is 9.46. The number of benzene rings is 2. The molecule has 1 saturated heterocycles. The zero-order valence-electron chi connectivity index (χ0n) is 16.1. The summed E-state index contributed by atoms with van der Waals surface area (Å²) in [4.78, 5) is 14.3. The van der Waals surface area contributed by atoms with E-state index >= 15 is 0 Å². The van der Waals surface area contributed by atoms with Crippen molar-refractivity contribution in [2.75, 3.05) is 30.9 Å². The van der Waals surface area contributed by atoms with Crippen molar-refractivity contribution < 1.29 is 14.3 Å². The van der Waals surface area contributed by atoms with Crippen LogP contribution >= 0.6 is 0 Å². The van der Waals surface area contributed by atoms with Crippen LogP contribution in [0, 0.1) is 11.3 Å². The SMILES string of the molecule is COc1ccc([C@H]2CC(=O)N(c3cccc(N)c3)C2)cc1OCCCCC#N. The number of hydrogen-bond acceptors (Lipinski definition) is 5. The Bertz CT molecular complexity index is 876. The summed E-state index contributed by atoms with van der Waals surface area (Å²) < 4.78 is 11.3. The predicted molar refractivity (Wildman–Crippen MR) is 109 cm³/mol. The van der Waals surface area contributed by atoms with Crippen LogP contribution in [0.5, 0.6) is 11.5 Å². The van der Waals surface area contributed by atoms with Gasteiger partial charge in [-0.2, -0.15) is 5.26 Å². The molecule has 0 aliphatic carbocycles. The van der Waals surface area contributed by atoms with Gasteiger partial charge in [-0.1, -0.05) is 12.1 Å². The molecule has 0 unspecified atom stereocenters. The number of ether oxygens (including phenoxy) is 2. The van der Waals surface area contributed by atoms with Gasteiger partial charge < -0.3 is 20.1 Å². The molecular formula is C22H25N3O3. The first kappa shape index (κ1) is 19.6. The molecule has 6 nitrogen and oxygen atoms in total. The van der Waals surface area contributed by atoms with E-state index in [-0.39, 0.29) is 11.8 Å². The predicted octanol–water partition coefficient (Wildman–Crippen LogP) is 3.87. The smallest absolute Gasteiger partial charge is 0.227 e. The lowest BCUT2D eigenvalue weighted by molar-refractivity contribution is -0.117. The van der Waals surface area contributed by atoms with E-state index in [1.807, 2.05) is 42.5 Å². The molecule has 3 rings (SSSR count). The number of carbonyl (C=O) groups is 1. The third-order valence-corrected chi connectivity index (χ3v) is 4.91. The molecule has 28 heavy (non-hydrogen) atoms. The standard InChI is InChI=1S/C22H25N3O3/c1-27-20-9-8-16(12-21(20)28-11-4-2-3-10-23)17-13-22(26)25(15-17)19-7-5-6-18(24)14-19/h5-9,12,14,17H,2-4,11,13,15,24H2,1H3/t17-/m0/s1. The van der Waals surface area contributed by atoms with Crippen molar-refractivity contribution in [1.29, 1.82) is 5.26 Å². The van der Waals surface area contributed by atoms with Crippen molar-refractivity contribution in [1.82, 2.24) is 0 Å². The molecule has 1 atom stereocenters. The number of nitrogens with two attached hydrogens (primary N) is 1. The number of methoxy groups -OCH3 is 1. The second kappa shape index (κ2) is 9.14. The Morgan fingerprint density at radius 3 is 2.82 bits per heavy atom. The van der Waals surface area contributed by atoms with Crippen LogP contribution in [0.15, 0.2) is 42.5 Å². The van der Waals surface area contributed by atoms with Crippen LogP contribution in [0.3, 0.4) is 0 Å². The number of amides is 1. The van der Waals surface area contributed by atoms with Crippen LogP contribution in [0.1, 0.15) is 37.2 Å². The van der Waals surface area contributed by atoms with E-state index in [4.69, 9.17) is 20.5 Å². The molecule has 2 aromatic rings. The maximum absolute atomic E-state index is 12.6. The van der Waals surface area contributed by atoms with Crippen LogP contribution in [-0.4, -0.2) is 26.2 Å². The summed E-state index contributed by atoms with van der Waals surface area (Å²) in [7, 11) is 1.61. The maximum atomic E-state index is 12.6. The second-order valence-corrected chi connectivity index (χ2v) is 6.87.